The number of ether oxygens (including phenoxy) is 1. The second-order valence-corrected chi connectivity index (χ2v) is 9.99. The van der Waals surface area contributed by atoms with E-state index in [-0.39, 0.29) is 18.1 Å². The average Bonchev–Trinajstić information content (AvgIpc) is 3.47. The molecule has 1 unspecified atom stereocenters. The Hall–Kier alpha value is -4.62. The van der Waals surface area contributed by atoms with Crippen LogP contribution in [0.15, 0.2) is 78.0 Å². The predicted molar refractivity (Wildman–Crippen MR) is 156 cm³/mol. The summed E-state index contributed by atoms with van der Waals surface area (Å²) in [5.41, 5.74) is 13.1. The topological polar surface area (TPSA) is 98.5 Å². The molecule has 2 heterocycles. The third kappa shape index (κ3) is 4.73. The fourth-order valence-corrected chi connectivity index (χ4v) is 5.49. The molecule has 1 N–H and O–H groups in total. The molecule has 1 amide bonds. The number of azide groups is 1. The van der Waals surface area contributed by atoms with Gasteiger partial charge >= 0.3 is 0 Å². The van der Waals surface area contributed by atoms with Gasteiger partial charge in [0.2, 0.25) is 0 Å². The summed E-state index contributed by atoms with van der Waals surface area (Å²) in [5, 5.41) is 9.24. The molecule has 0 fully saturated rings. The summed E-state index contributed by atoms with van der Waals surface area (Å²) in [7, 11) is 3.54. The van der Waals surface area contributed by atoms with Crippen LogP contribution in [0.2, 0.25) is 0 Å². The van der Waals surface area contributed by atoms with E-state index in [1.165, 1.54) is 0 Å². The van der Waals surface area contributed by atoms with Crippen molar-refractivity contribution in [2.75, 3.05) is 44.1 Å². The van der Waals surface area contributed by atoms with Gasteiger partial charge in [-0.1, -0.05) is 29.4 Å². The standard InChI is InChI=1S/C30H33N7O2/c1-5-36(29(38)24-11-6-10-23-22(24)9-7-12-26(23)35(3)20-32-34-31)18-16-30(2)28-13-8-17-37(28)27-15-14-21(39-4)19-25(27)33-30/h6-15,17,19,33H,5,16,18,20H2,1-4H3. The summed E-state index contributed by atoms with van der Waals surface area (Å²) in [6.07, 6.45) is 2.80. The van der Waals surface area contributed by atoms with E-state index >= 15 is 0 Å². The van der Waals surface area contributed by atoms with Crippen LogP contribution in [-0.2, 0) is 5.54 Å². The Morgan fingerprint density at radius 3 is 2.69 bits per heavy atom. The molecule has 3 aromatic carbocycles. The Bertz CT molecular complexity index is 1570. The number of rotatable bonds is 9. The van der Waals surface area contributed by atoms with E-state index in [0.29, 0.717) is 18.7 Å². The lowest BCUT2D eigenvalue weighted by Crippen LogP contribution is -2.42. The Morgan fingerprint density at radius 1 is 1.13 bits per heavy atom. The maximum Gasteiger partial charge on any atom is 0.254 e. The first kappa shape index (κ1) is 26.0. The number of nitrogens with zero attached hydrogens (tertiary/aromatic N) is 6. The molecular formula is C30H33N7O2. The number of hydrogen-bond acceptors (Lipinski definition) is 5. The maximum absolute atomic E-state index is 13.9. The molecule has 1 aliphatic rings. The van der Waals surface area contributed by atoms with Crippen LogP contribution < -0.4 is 15.0 Å². The molecule has 39 heavy (non-hydrogen) atoms. The smallest absolute Gasteiger partial charge is 0.254 e. The average molecular weight is 524 g/mol. The van der Waals surface area contributed by atoms with E-state index in [0.717, 1.165) is 45.7 Å². The molecule has 5 rings (SSSR count). The molecule has 0 bridgehead atoms. The fourth-order valence-electron chi connectivity index (χ4n) is 5.49. The molecule has 0 spiro atoms. The van der Waals surface area contributed by atoms with Gasteiger partial charge < -0.3 is 24.4 Å². The minimum absolute atomic E-state index is 0.00481. The highest BCUT2D eigenvalue weighted by atomic mass is 16.5. The van der Waals surface area contributed by atoms with Crippen LogP contribution in [0.5, 0.6) is 5.75 Å². The van der Waals surface area contributed by atoms with Crippen molar-refractivity contribution in [2.45, 2.75) is 25.8 Å². The van der Waals surface area contributed by atoms with E-state index in [9.17, 15) is 4.79 Å². The van der Waals surface area contributed by atoms with Gasteiger partial charge in [0, 0.05) is 59.6 Å². The van der Waals surface area contributed by atoms with Crippen molar-refractivity contribution < 1.29 is 9.53 Å². The zero-order chi connectivity index (χ0) is 27.6. The summed E-state index contributed by atoms with van der Waals surface area (Å²) in [6, 6.07) is 21.9. The van der Waals surface area contributed by atoms with Crippen LogP contribution in [0.25, 0.3) is 26.9 Å². The van der Waals surface area contributed by atoms with Gasteiger partial charge in [0.25, 0.3) is 5.91 Å². The Morgan fingerprint density at radius 2 is 1.92 bits per heavy atom. The second-order valence-electron chi connectivity index (χ2n) is 9.99. The van der Waals surface area contributed by atoms with Gasteiger partial charge in [0.05, 0.1) is 30.7 Å². The molecule has 1 aliphatic heterocycles. The summed E-state index contributed by atoms with van der Waals surface area (Å²) in [4.78, 5) is 20.6. The van der Waals surface area contributed by atoms with Crippen LogP contribution in [0.1, 0.15) is 36.3 Å². The van der Waals surface area contributed by atoms with Crippen molar-refractivity contribution in [3.8, 4) is 11.4 Å². The molecule has 0 saturated carbocycles. The van der Waals surface area contributed by atoms with E-state index < -0.39 is 0 Å². The number of hydrogen-bond donors (Lipinski definition) is 1. The Labute approximate surface area is 228 Å². The number of benzene rings is 3. The summed E-state index contributed by atoms with van der Waals surface area (Å²) >= 11 is 0. The van der Waals surface area contributed by atoms with Gasteiger partial charge in [-0.25, -0.2) is 0 Å². The zero-order valence-corrected chi connectivity index (χ0v) is 22.8. The molecular weight excluding hydrogens is 490 g/mol. The molecule has 1 atom stereocenters. The molecule has 0 aliphatic carbocycles. The number of carbonyl (C=O) groups is 1. The van der Waals surface area contributed by atoms with Crippen LogP contribution in [-0.4, -0.2) is 49.3 Å². The van der Waals surface area contributed by atoms with Gasteiger partial charge in [-0.2, -0.15) is 0 Å². The van der Waals surface area contributed by atoms with Gasteiger partial charge in [-0.05, 0) is 67.6 Å². The van der Waals surface area contributed by atoms with Gasteiger partial charge in [-0.15, -0.1) is 0 Å². The molecule has 0 radical (unpaired) electrons. The predicted octanol–water partition coefficient (Wildman–Crippen LogP) is 6.54. The second kappa shape index (κ2) is 10.6. The van der Waals surface area contributed by atoms with Crippen molar-refractivity contribution in [3.63, 3.8) is 0 Å². The number of aromatic nitrogens is 1. The number of anilines is 2. The lowest BCUT2D eigenvalue weighted by Gasteiger charge is -2.39. The van der Waals surface area contributed by atoms with Crippen LogP contribution in [0, 0.1) is 0 Å². The normalized spacial score (nSPS) is 15.5. The van der Waals surface area contributed by atoms with Crippen molar-refractivity contribution in [1.82, 2.24) is 9.47 Å². The summed E-state index contributed by atoms with van der Waals surface area (Å²) < 4.78 is 7.68. The number of carbonyl (C=O) groups excluding carboxylic acids is 1. The molecule has 0 saturated heterocycles. The molecule has 9 nitrogen and oxygen atoms in total. The minimum atomic E-state index is -0.382. The van der Waals surface area contributed by atoms with Crippen LogP contribution >= 0.6 is 0 Å². The monoisotopic (exact) mass is 523 g/mol. The summed E-state index contributed by atoms with van der Waals surface area (Å²) in [5.74, 6) is 0.791. The third-order valence-corrected chi connectivity index (χ3v) is 7.62. The van der Waals surface area contributed by atoms with Gasteiger partial charge in [0.1, 0.15) is 5.75 Å². The minimum Gasteiger partial charge on any atom is -0.497 e. The zero-order valence-electron chi connectivity index (χ0n) is 22.8. The molecule has 1 aromatic heterocycles. The lowest BCUT2D eigenvalue weighted by atomic mass is 9.90. The van der Waals surface area contributed by atoms with Crippen molar-refractivity contribution in [1.29, 1.82) is 0 Å². The summed E-state index contributed by atoms with van der Waals surface area (Å²) in [6.45, 7) is 5.57. The van der Waals surface area contributed by atoms with Crippen LogP contribution in [0.3, 0.4) is 0 Å². The quantitative estimate of drug-likeness (QED) is 0.153. The highest BCUT2D eigenvalue weighted by Gasteiger charge is 2.35. The number of nitrogens with one attached hydrogen (secondary N) is 1. The first-order valence-electron chi connectivity index (χ1n) is 13.1. The largest absolute Gasteiger partial charge is 0.497 e. The van der Waals surface area contributed by atoms with Crippen molar-refractivity contribution >= 4 is 28.1 Å². The van der Waals surface area contributed by atoms with Gasteiger partial charge in [-0.3, -0.25) is 4.79 Å². The number of methoxy groups -OCH3 is 1. The third-order valence-electron chi connectivity index (χ3n) is 7.62. The van der Waals surface area contributed by atoms with E-state index in [4.69, 9.17) is 10.3 Å². The highest BCUT2D eigenvalue weighted by Crippen LogP contribution is 2.41. The molecule has 4 aromatic rings. The first-order valence-corrected chi connectivity index (χ1v) is 13.1. The maximum atomic E-state index is 13.9. The van der Waals surface area contributed by atoms with Gasteiger partial charge in [0.15, 0.2) is 0 Å². The Balaban J connectivity index is 1.42. The SMILES string of the molecule is CCN(CCC1(C)Nc2cc(OC)ccc2-n2cccc21)C(=O)c1cccc2c(N(C)CN=[N+]=[N-])cccc12. The van der Waals surface area contributed by atoms with E-state index in [1.807, 2.05) is 72.3 Å². The fraction of sp³-hybridized carbons (Fsp3) is 0.300. The van der Waals surface area contributed by atoms with Crippen molar-refractivity contribution in [2.24, 2.45) is 5.11 Å². The van der Waals surface area contributed by atoms with Crippen LogP contribution in [0.4, 0.5) is 11.4 Å². The highest BCUT2D eigenvalue weighted by molar-refractivity contribution is 6.10. The lowest BCUT2D eigenvalue weighted by molar-refractivity contribution is 0.0756. The van der Waals surface area contributed by atoms with E-state index in [2.05, 4.69) is 51.2 Å². The number of amides is 1. The molecule has 200 valence electrons. The first-order chi connectivity index (χ1) is 18.9. The number of fused-ring (bicyclic) bond motifs is 4. The van der Waals surface area contributed by atoms with E-state index in [1.54, 1.807) is 7.11 Å². The van der Waals surface area contributed by atoms with Crippen molar-refractivity contribution in [3.05, 3.63) is 94.6 Å². The molecule has 9 heteroatoms. The Kier molecular flexibility index (Phi) is 7.09.